The van der Waals surface area contributed by atoms with Gasteiger partial charge in [-0.05, 0) is 24.1 Å². The van der Waals surface area contributed by atoms with Crippen molar-refractivity contribution in [3.8, 4) is 11.5 Å². The molecule has 0 radical (unpaired) electrons. The number of nitrogens with zero attached hydrogens (tertiary/aromatic N) is 2. The van der Waals surface area contributed by atoms with Gasteiger partial charge >= 0.3 is 0 Å². The maximum atomic E-state index is 5.34. The van der Waals surface area contributed by atoms with Crippen molar-refractivity contribution in [2.24, 2.45) is 0 Å². The second-order valence-electron chi connectivity index (χ2n) is 3.96. The summed E-state index contributed by atoms with van der Waals surface area (Å²) in [6, 6.07) is 5.88. The molecule has 0 saturated carbocycles. The number of hydrogen-bond acceptors (Lipinski definition) is 6. The average molecular weight is 280 g/mol. The Morgan fingerprint density at radius 3 is 2.53 bits per heavy atom. The van der Waals surface area contributed by atoms with E-state index < -0.39 is 0 Å². The third kappa shape index (κ3) is 2.97. The maximum absolute atomic E-state index is 5.34. The van der Waals surface area contributed by atoms with Crippen molar-refractivity contribution in [1.29, 1.82) is 0 Å². The van der Waals surface area contributed by atoms with E-state index in [0.717, 1.165) is 23.1 Å². The fourth-order valence-corrected chi connectivity index (χ4v) is 2.09. The van der Waals surface area contributed by atoms with Crippen molar-refractivity contribution >= 4 is 12.6 Å². The van der Waals surface area contributed by atoms with Crippen molar-refractivity contribution in [3.63, 3.8) is 0 Å². The van der Waals surface area contributed by atoms with Gasteiger partial charge in [-0.25, -0.2) is 0 Å². The summed E-state index contributed by atoms with van der Waals surface area (Å²) in [6.45, 7) is 2.06. The van der Waals surface area contributed by atoms with Gasteiger partial charge < -0.3 is 13.9 Å². The topological polar surface area (TPSA) is 57.4 Å². The molecule has 0 fully saturated rings. The fraction of sp³-hybridized carbons (Fsp3) is 0.385. The highest BCUT2D eigenvalue weighted by atomic mass is 32.1. The summed E-state index contributed by atoms with van der Waals surface area (Å²) in [5, 5.41) is 7.97. The molecule has 0 aliphatic heterocycles. The Balaban J connectivity index is 2.41. The molecule has 0 amide bonds. The van der Waals surface area contributed by atoms with Gasteiger partial charge in [0.05, 0.1) is 0 Å². The van der Waals surface area contributed by atoms with Crippen LogP contribution in [0.4, 0.5) is 0 Å². The molecule has 1 aromatic carbocycles. The lowest BCUT2D eigenvalue weighted by Gasteiger charge is -2.15. The van der Waals surface area contributed by atoms with E-state index in [0.29, 0.717) is 5.89 Å². The van der Waals surface area contributed by atoms with E-state index in [1.807, 2.05) is 18.2 Å². The van der Waals surface area contributed by atoms with Gasteiger partial charge in [0.2, 0.25) is 5.89 Å². The molecule has 0 aliphatic carbocycles. The predicted molar refractivity (Wildman–Crippen MR) is 73.1 cm³/mol. The van der Waals surface area contributed by atoms with Crippen LogP contribution in [0.3, 0.4) is 0 Å². The first-order valence-corrected chi connectivity index (χ1v) is 6.35. The van der Waals surface area contributed by atoms with Gasteiger partial charge in [-0.1, -0.05) is 25.6 Å². The van der Waals surface area contributed by atoms with Crippen LogP contribution in [0.1, 0.15) is 24.3 Å². The molecule has 102 valence electrons. The van der Waals surface area contributed by atoms with E-state index >= 15 is 0 Å². The van der Waals surface area contributed by atoms with Crippen molar-refractivity contribution in [1.82, 2.24) is 10.2 Å². The first-order chi connectivity index (χ1) is 9.19. The number of methoxy groups -OCH3 is 2. The number of thiol groups is 1. The third-order valence-corrected chi connectivity index (χ3v) is 3.04. The van der Waals surface area contributed by atoms with Crippen molar-refractivity contribution in [3.05, 3.63) is 29.3 Å². The van der Waals surface area contributed by atoms with Crippen molar-refractivity contribution < 1.29 is 13.9 Å². The molecule has 6 heteroatoms. The summed E-state index contributed by atoms with van der Waals surface area (Å²) >= 11 is 4.02. The number of rotatable bonds is 5. The summed E-state index contributed by atoms with van der Waals surface area (Å²) < 4.78 is 15.8. The van der Waals surface area contributed by atoms with Crippen LogP contribution in [-0.2, 0) is 15.9 Å². The van der Waals surface area contributed by atoms with Gasteiger partial charge in [0.25, 0.3) is 5.22 Å². The molecule has 0 N–H and O–H groups in total. The summed E-state index contributed by atoms with van der Waals surface area (Å²) in [6.07, 6.45) is 0.468. The van der Waals surface area contributed by atoms with E-state index in [2.05, 4.69) is 29.7 Å². The number of aromatic nitrogens is 2. The smallest absolute Gasteiger partial charge is 0.273 e. The Morgan fingerprint density at radius 2 is 2.00 bits per heavy atom. The van der Waals surface area contributed by atoms with Crippen molar-refractivity contribution in [2.75, 3.05) is 14.2 Å². The minimum Gasteiger partial charge on any atom is -0.411 e. The zero-order chi connectivity index (χ0) is 13.8. The minimum absolute atomic E-state index is 0.257. The van der Waals surface area contributed by atoms with E-state index in [1.165, 1.54) is 0 Å². The van der Waals surface area contributed by atoms with E-state index in [4.69, 9.17) is 13.9 Å². The molecule has 0 bridgehead atoms. The Labute approximate surface area is 117 Å². The zero-order valence-corrected chi connectivity index (χ0v) is 12.0. The summed E-state index contributed by atoms with van der Waals surface area (Å²) in [5.41, 5.74) is 2.95. The molecule has 1 aromatic heterocycles. The summed E-state index contributed by atoms with van der Waals surface area (Å²) in [4.78, 5) is 0. The normalized spacial score (nSPS) is 11.2. The number of hydrogen-bond donors (Lipinski definition) is 1. The van der Waals surface area contributed by atoms with Gasteiger partial charge in [-0.3, -0.25) is 0 Å². The second-order valence-corrected chi connectivity index (χ2v) is 4.35. The summed E-state index contributed by atoms with van der Waals surface area (Å²) in [7, 11) is 3.22. The molecule has 0 spiro atoms. The highest BCUT2D eigenvalue weighted by Gasteiger charge is 2.15. The van der Waals surface area contributed by atoms with Gasteiger partial charge in [-0.15, -0.1) is 10.2 Å². The second kappa shape index (κ2) is 6.18. The highest BCUT2D eigenvalue weighted by Crippen LogP contribution is 2.28. The first-order valence-electron chi connectivity index (χ1n) is 5.90. The molecule has 5 nitrogen and oxygen atoms in total. The molecular weight excluding hydrogens is 264 g/mol. The Morgan fingerprint density at radius 1 is 1.26 bits per heavy atom. The SMILES string of the molecule is CCc1cc(C(OC)OC)ccc1-c1nnc(S)o1. The van der Waals surface area contributed by atoms with Gasteiger partial charge in [0.15, 0.2) is 6.29 Å². The van der Waals surface area contributed by atoms with Crippen molar-refractivity contribution in [2.45, 2.75) is 24.9 Å². The summed E-state index contributed by atoms with van der Waals surface area (Å²) in [5.74, 6) is 0.472. The fourth-order valence-electron chi connectivity index (χ4n) is 1.95. The first kappa shape index (κ1) is 14.0. The standard InChI is InChI=1S/C13H16N2O3S/c1-4-8-7-9(12(16-2)17-3)5-6-10(8)11-14-15-13(19)18-11/h5-7,12H,4H2,1-3H3,(H,15,19). The van der Waals surface area contributed by atoms with Crippen LogP contribution >= 0.6 is 12.6 Å². The van der Waals surface area contributed by atoms with Crippen LogP contribution in [-0.4, -0.2) is 24.4 Å². The molecule has 19 heavy (non-hydrogen) atoms. The highest BCUT2D eigenvalue weighted by molar-refractivity contribution is 7.80. The molecule has 1 heterocycles. The predicted octanol–water partition coefficient (Wildman–Crippen LogP) is 2.88. The molecule has 2 rings (SSSR count). The van der Waals surface area contributed by atoms with E-state index in [1.54, 1.807) is 14.2 Å². The quantitative estimate of drug-likeness (QED) is 0.674. The van der Waals surface area contributed by atoms with Crippen LogP contribution in [0.25, 0.3) is 11.5 Å². The van der Waals surface area contributed by atoms with Gasteiger partial charge in [0.1, 0.15) is 0 Å². The lowest BCUT2D eigenvalue weighted by molar-refractivity contribution is -0.106. The molecular formula is C13H16N2O3S. The Hall–Kier alpha value is -1.37. The molecule has 0 saturated heterocycles. The van der Waals surface area contributed by atoms with Gasteiger partial charge in [0, 0.05) is 25.3 Å². The van der Waals surface area contributed by atoms with Crippen LogP contribution in [0, 0.1) is 0 Å². The number of benzene rings is 1. The van der Waals surface area contributed by atoms with Crippen LogP contribution in [0.2, 0.25) is 0 Å². The maximum Gasteiger partial charge on any atom is 0.273 e. The third-order valence-electron chi connectivity index (χ3n) is 2.86. The number of aryl methyl sites for hydroxylation is 1. The van der Waals surface area contributed by atoms with Crippen LogP contribution < -0.4 is 0 Å². The monoisotopic (exact) mass is 280 g/mol. The average Bonchev–Trinajstić information content (AvgIpc) is 2.86. The lowest BCUT2D eigenvalue weighted by atomic mass is 10.0. The molecule has 2 aromatic rings. The van der Waals surface area contributed by atoms with E-state index in [-0.39, 0.29) is 11.5 Å². The molecule has 0 atom stereocenters. The zero-order valence-electron chi connectivity index (χ0n) is 11.1. The van der Waals surface area contributed by atoms with Crippen LogP contribution in [0.15, 0.2) is 27.8 Å². The lowest BCUT2D eigenvalue weighted by Crippen LogP contribution is -2.04. The minimum atomic E-state index is -0.373. The van der Waals surface area contributed by atoms with E-state index in [9.17, 15) is 0 Å². The Bertz CT molecular complexity index is 553. The van der Waals surface area contributed by atoms with Gasteiger partial charge in [-0.2, -0.15) is 0 Å². The number of ether oxygens (including phenoxy) is 2. The Kier molecular flexibility index (Phi) is 4.57. The van der Waals surface area contributed by atoms with Crippen LogP contribution in [0.5, 0.6) is 0 Å². The molecule has 0 aliphatic rings. The molecule has 0 unspecified atom stereocenters. The largest absolute Gasteiger partial charge is 0.411 e.